The Morgan fingerprint density at radius 3 is 2.58 bits per heavy atom. The molecule has 2 aromatic heterocycles. The zero-order valence-electron chi connectivity index (χ0n) is 17.4. The molecule has 0 aromatic carbocycles. The SMILES string of the molecule is Cc1ncccc1Oc1ncnc(O[C@H]2C[C@@H]3CC(F)[C@@H](C2)N3S(=O)(=O)C2CC2)c1C. The molecule has 1 unspecified atom stereocenters. The van der Waals surface area contributed by atoms with E-state index in [9.17, 15) is 12.8 Å². The summed E-state index contributed by atoms with van der Waals surface area (Å²) in [5.41, 5.74) is 1.36. The van der Waals surface area contributed by atoms with E-state index in [1.165, 1.54) is 10.6 Å². The average molecular weight is 449 g/mol. The third-order valence-corrected chi connectivity index (χ3v) is 8.79. The Hall–Kier alpha value is -2.33. The first-order valence-electron chi connectivity index (χ1n) is 10.6. The number of aryl methyl sites for hydroxylation is 1. The predicted molar refractivity (Wildman–Crippen MR) is 110 cm³/mol. The van der Waals surface area contributed by atoms with Crippen molar-refractivity contribution in [2.45, 2.75) is 75.6 Å². The third-order valence-electron chi connectivity index (χ3n) is 6.32. The number of rotatable bonds is 6. The Kier molecular flexibility index (Phi) is 5.09. The highest BCUT2D eigenvalue weighted by Gasteiger charge is 2.56. The Bertz CT molecular complexity index is 1090. The molecule has 0 N–H and O–H groups in total. The van der Waals surface area contributed by atoms with Crippen LogP contribution in [-0.2, 0) is 10.0 Å². The quantitative estimate of drug-likeness (QED) is 0.670. The molecule has 4 heterocycles. The highest BCUT2D eigenvalue weighted by molar-refractivity contribution is 7.90. The van der Waals surface area contributed by atoms with Gasteiger partial charge in [0.05, 0.1) is 22.5 Å². The number of piperidine rings is 1. The highest BCUT2D eigenvalue weighted by atomic mass is 32.2. The van der Waals surface area contributed by atoms with Crippen LogP contribution < -0.4 is 9.47 Å². The van der Waals surface area contributed by atoms with Gasteiger partial charge < -0.3 is 9.47 Å². The van der Waals surface area contributed by atoms with Gasteiger partial charge in [0.15, 0.2) is 5.75 Å². The Morgan fingerprint density at radius 1 is 1.10 bits per heavy atom. The van der Waals surface area contributed by atoms with Gasteiger partial charge in [-0.3, -0.25) is 4.98 Å². The molecule has 2 aromatic rings. The van der Waals surface area contributed by atoms with Gasteiger partial charge in [-0.1, -0.05) is 0 Å². The highest BCUT2D eigenvalue weighted by Crippen LogP contribution is 2.45. The maximum Gasteiger partial charge on any atom is 0.229 e. The molecule has 4 atom stereocenters. The van der Waals surface area contributed by atoms with E-state index in [-0.39, 0.29) is 23.8 Å². The number of fused-ring (bicyclic) bond motifs is 2. The van der Waals surface area contributed by atoms with Crippen LogP contribution >= 0.6 is 0 Å². The summed E-state index contributed by atoms with van der Waals surface area (Å²) in [6, 6.07) is 2.56. The van der Waals surface area contributed by atoms with E-state index >= 15 is 0 Å². The number of hydrogen-bond donors (Lipinski definition) is 0. The molecule has 2 aliphatic heterocycles. The lowest BCUT2D eigenvalue weighted by Gasteiger charge is -2.37. The van der Waals surface area contributed by atoms with Crippen molar-refractivity contribution in [2.24, 2.45) is 0 Å². The van der Waals surface area contributed by atoms with Crippen LogP contribution in [-0.4, -0.2) is 57.3 Å². The van der Waals surface area contributed by atoms with Crippen LogP contribution in [0.2, 0.25) is 0 Å². The summed E-state index contributed by atoms with van der Waals surface area (Å²) in [6.07, 6.45) is 3.91. The van der Waals surface area contributed by atoms with Crippen LogP contribution in [0, 0.1) is 13.8 Å². The Labute approximate surface area is 180 Å². The van der Waals surface area contributed by atoms with Gasteiger partial charge >= 0.3 is 0 Å². The molecule has 2 bridgehead atoms. The molecule has 10 heteroatoms. The van der Waals surface area contributed by atoms with Gasteiger partial charge in [-0.2, -0.15) is 4.31 Å². The number of pyridine rings is 1. The summed E-state index contributed by atoms with van der Waals surface area (Å²) in [7, 11) is -3.42. The minimum absolute atomic E-state index is 0.230. The van der Waals surface area contributed by atoms with Crippen molar-refractivity contribution in [2.75, 3.05) is 0 Å². The van der Waals surface area contributed by atoms with E-state index in [0.29, 0.717) is 48.8 Å². The van der Waals surface area contributed by atoms with Gasteiger partial charge in [0.1, 0.15) is 18.6 Å². The lowest BCUT2D eigenvalue weighted by Crippen LogP contribution is -2.51. The first kappa shape index (κ1) is 20.6. The van der Waals surface area contributed by atoms with Crippen molar-refractivity contribution >= 4 is 10.0 Å². The number of alkyl halides is 1. The van der Waals surface area contributed by atoms with Crippen molar-refractivity contribution < 1.29 is 22.3 Å². The van der Waals surface area contributed by atoms with Gasteiger partial charge in [-0.05, 0) is 45.2 Å². The zero-order valence-corrected chi connectivity index (χ0v) is 18.3. The molecule has 2 saturated heterocycles. The zero-order chi connectivity index (χ0) is 21.8. The molecular formula is C21H25FN4O4S. The molecule has 3 aliphatic rings. The second kappa shape index (κ2) is 7.67. The largest absolute Gasteiger partial charge is 0.474 e. The van der Waals surface area contributed by atoms with Crippen LogP contribution in [0.25, 0.3) is 0 Å². The monoisotopic (exact) mass is 448 g/mol. The molecule has 1 saturated carbocycles. The first-order chi connectivity index (χ1) is 14.8. The average Bonchev–Trinajstić information content (AvgIpc) is 3.55. The maximum atomic E-state index is 14.7. The third kappa shape index (κ3) is 3.76. The lowest BCUT2D eigenvalue weighted by molar-refractivity contribution is 0.0808. The fourth-order valence-corrected chi connectivity index (χ4v) is 6.84. The summed E-state index contributed by atoms with van der Waals surface area (Å²) in [5, 5.41) is -0.333. The normalized spacial score (nSPS) is 28.5. The van der Waals surface area contributed by atoms with E-state index < -0.39 is 22.2 Å². The second-order valence-corrected chi connectivity index (χ2v) is 10.7. The predicted octanol–water partition coefficient (Wildman–Crippen LogP) is 3.10. The number of nitrogens with zero attached hydrogens (tertiary/aromatic N) is 4. The van der Waals surface area contributed by atoms with Crippen LogP contribution in [0.1, 0.15) is 43.4 Å². The molecule has 5 rings (SSSR count). The molecule has 8 nitrogen and oxygen atoms in total. The van der Waals surface area contributed by atoms with E-state index in [4.69, 9.17) is 9.47 Å². The minimum atomic E-state index is -3.42. The van der Waals surface area contributed by atoms with Gasteiger partial charge in [-0.25, -0.2) is 22.8 Å². The molecular weight excluding hydrogens is 423 g/mol. The van der Waals surface area contributed by atoms with Crippen LogP contribution in [0.5, 0.6) is 17.5 Å². The Morgan fingerprint density at radius 2 is 1.87 bits per heavy atom. The van der Waals surface area contributed by atoms with E-state index in [1.54, 1.807) is 25.3 Å². The molecule has 166 valence electrons. The molecule has 0 radical (unpaired) electrons. The fraction of sp³-hybridized carbons (Fsp3) is 0.571. The molecule has 0 spiro atoms. The van der Waals surface area contributed by atoms with E-state index in [1.807, 2.05) is 6.92 Å². The fourth-order valence-electron chi connectivity index (χ4n) is 4.58. The molecule has 1 aliphatic carbocycles. The van der Waals surface area contributed by atoms with Crippen molar-refractivity contribution in [1.29, 1.82) is 0 Å². The van der Waals surface area contributed by atoms with Gasteiger partial charge in [0.25, 0.3) is 0 Å². The van der Waals surface area contributed by atoms with E-state index in [2.05, 4.69) is 15.0 Å². The number of ether oxygens (including phenoxy) is 2. The van der Waals surface area contributed by atoms with Gasteiger partial charge in [0, 0.05) is 25.1 Å². The summed E-state index contributed by atoms with van der Waals surface area (Å²) < 4.78 is 53.7. The standard InChI is InChI=1S/C21H25FN4O4S/c1-12-20(24-11-25-21(12)30-19-4-3-7-23-13(19)2)29-15-8-14-9-17(22)18(10-15)26(14)31(27,28)16-5-6-16/h3-4,7,11,14-18H,5-6,8-10H2,1-2H3/t14-,15+,17?,18-/m1/s1. The van der Waals surface area contributed by atoms with Gasteiger partial charge in [-0.15, -0.1) is 0 Å². The topological polar surface area (TPSA) is 94.5 Å². The summed E-state index contributed by atoms with van der Waals surface area (Å²) >= 11 is 0. The van der Waals surface area contributed by atoms with Crippen LogP contribution in [0.15, 0.2) is 24.7 Å². The van der Waals surface area contributed by atoms with Gasteiger partial charge in [0.2, 0.25) is 21.8 Å². The second-order valence-electron chi connectivity index (χ2n) is 8.56. The van der Waals surface area contributed by atoms with E-state index in [0.717, 1.165) is 5.69 Å². The summed E-state index contributed by atoms with van der Waals surface area (Å²) in [5.74, 6) is 1.32. The number of hydrogen-bond acceptors (Lipinski definition) is 7. The lowest BCUT2D eigenvalue weighted by atomic mass is 10.0. The molecule has 3 fully saturated rings. The molecule has 0 amide bonds. The first-order valence-corrected chi connectivity index (χ1v) is 12.1. The van der Waals surface area contributed by atoms with Crippen LogP contribution in [0.4, 0.5) is 4.39 Å². The number of sulfonamides is 1. The van der Waals surface area contributed by atoms with Crippen molar-refractivity contribution in [3.8, 4) is 17.5 Å². The van der Waals surface area contributed by atoms with Crippen LogP contribution in [0.3, 0.4) is 0 Å². The smallest absolute Gasteiger partial charge is 0.229 e. The van der Waals surface area contributed by atoms with Crippen molar-refractivity contribution in [1.82, 2.24) is 19.3 Å². The Balaban J connectivity index is 1.33. The number of halogens is 1. The molecule has 31 heavy (non-hydrogen) atoms. The maximum absolute atomic E-state index is 14.7. The summed E-state index contributed by atoms with van der Waals surface area (Å²) in [6.45, 7) is 3.64. The van der Waals surface area contributed by atoms with Crippen molar-refractivity contribution in [3.63, 3.8) is 0 Å². The van der Waals surface area contributed by atoms with Crippen molar-refractivity contribution in [3.05, 3.63) is 35.9 Å². The number of aromatic nitrogens is 3. The minimum Gasteiger partial charge on any atom is -0.474 e. The summed E-state index contributed by atoms with van der Waals surface area (Å²) in [4.78, 5) is 12.6.